The molecular weight excluding hydrogens is 266 g/mol. The van der Waals surface area contributed by atoms with Crippen molar-refractivity contribution in [2.75, 3.05) is 4.90 Å². The van der Waals surface area contributed by atoms with Crippen LogP contribution in [0, 0.1) is 0 Å². The first-order valence-corrected chi connectivity index (χ1v) is 6.43. The molecule has 0 atom stereocenters. The molecule has 0 fully saturated rings. The number of hydrogen-bond donors (Lipinski definition) is 1. The fourth-order valence-electron chi connectivity index (χ4n) is 2.00. The number of amides is 1. The Balaban J connectivity index is 2.31. The van der Waals surface area contributed by atoms with E-state index in [0.717, 1.165) is 11.3 Å². The molecule has 0 spiro atoms. The zero-order valence-corrected chi connectivity index (χ0v) is 11.4. The molecule has 2 aromatic carbocycles. The van der Waals surface area contributed by atoms with Gasteiger partial charge in [-0.05, 0) is 35.9 Å². The summed E-state index contributed by atoms with van der Waals surface area (Å²) in [5, 5.41) is 9.02. The Labute approximate surface area is 123 Å². The number of carboxylic acid groups (broad SMARTS) is 1. The minimum atomic E-state index is -0.988. The molecule has 0 saturated heterocycles. The van der Waals surface area contributed by atoms with E-state index in [-0.39, 0.29) is 18.0 Å². The van der Waals surface area contributed by atoms with Gasteiger partial charge in [0, 0.05) is 5.69 Å². The molecule has 0 aliphatic heterocycles. The van der Waals surface area contributed by atoms with Crippen molar-refractivity contribution in [1.82, 2.24) is 0 Å². The molecule has 4 nitrogen and oxygen atoms in total. The minimum Gasteiger partial charge on any atom is -0.478 e. The summed E-state index contributed by atoms with van der Waals surface area (Å²) >= 11 is 0. The molecule has 2 rings (SSSR count). The summed E-state index contributed by atoms with van der Waals surface area (Å²) in [6.07, 6.45) is 1.24. The van der Waals surface area contributed by atoms with Crippen molar-refractivity contribution in [2.24, 2.45) is 0 Å². The highest BCUT2D eigenvalue weighted by atomic mass is 16.4. The van der Waals surface area contributed by atoms with Gasteiger partial charge in [0.1, 0.15) is 0 Å². The number of para-hydroxylation sites is 1. The molecule has 0 aliphatic carbocycles. The Bertz CT molecular complexity index is 665. The number of nitrogens with zero attached hydrogens (tertiary/aromatic N) is 1. The van der Waals surface area contributed by atoms with Crippen molar-refractivity contribution < 1.29 is 14.7 Å². The molecule has 2 aromatic rings. The molecule has 21 heavy (non-hydrogen) atoms. The maximum Gasteiger partial charge on any atom is 0.335 e. The molecule has 0 bridgehead atoms. The van der Waals surface area contributed by atoms with E-state index < -0.39 is 5.97 Å². The van der Waals surface area contributed by atoms with Crippen LogP contribution in [-0.4, -0.2) is 17.0 Å². The SMILES string of the molecule is C=CC(=O)N(Cc1cccc(C(=O)O)c1)c1ccccc1. The van der Waals surface area contributed by atoms with Gasteiger partial charge < -0.3 is 10.0 Å². The van der Waals surface area contributed by atoms with Crippen LogP contribution in [0.4, 0.5) is 5.69 Å². The topological polar surface area (TPSA) is 57.6 Å². The Hall–Kier alpha value is -2.88. The Morgan fingerprint density at radius 3 is 2.43 bits per heavy atom. The fourth-order valence-corrected chi connectivity index (χ4v) is 2.00. The third-order valence-electron chi connectivity index (χ3n) is 3.02. The van der Waals surface area contributed by atoms with Crippen molar-refractivity contribution in [3.8, 4) is 0 Å². The summed E-state index contributed by atoms with van der Waals surface area (Å²) in [6.45, 7) is 3.80. The molecule has 0 heterocycles. The number of hydrogen-bond acceptors (Lipinski definition) is 2. The number of carboxylic acids is 1. The Morgan fingerprint density at radius 2 is 1.81 bits per heavy atom. The van der Waals surface area contributed by atoms with E-state index >= 15 is 0 Å². The normalized spacial score (nSPS) is 9.90. The van der Waals surface area contributed by atoms with Crippen LogP contribution in [-0.2, 0) is 11.3 Å². The van der Waals surface area contributed by atoms with Gasteiger partial charge in [0.2, 0.25) is 0 Å². The van der Waals surface area contributed by atoms with Gasteiger partial charge in [-0.3, -0.25) is 4.79 Å². The number of aromatic carboxylic acids is 1. The van der Waals surface area contributed by atoms with E-state index in [4.69, 9.17) is 5.11 Å². The summed E-state index contributed by atoms with van der Waals surface area (Å²) in [7, 11) is 0. The van der Waals surface area contributed by atoms with Crippen molar-refractivity contribution in [1.29, 1.82) is 0 Å². The minimum absolute atomic E-state index is 0.201. The summed E-state index contributed by atoms with van der Waals surface area (Å²) in [5.74, 6) is -1.22. The van der Waals surface area contributed by atoms with E-state index in [2.05, 4.69) is 6.58 Å². The predicted molar refractivity (Wildman–Crippen MR) is 81.2 cm³/mol. The highest BCUT2D eigenvalue weighted by molar-refractivity contribution is 6.01. The van der Waals surface area contributed by atoms with Crippen molar-refractivity contribution in [3.63, 3.8) is 0 Å². The van der Waals surface area contributed by atoms with E-state index in [9.17, 15) is 9.59 Å². The average Bonchev–Trinajstić information content (AvgIpc) is 2.53. The van der Waals surface area contributed by atoms with Crippen LogP contribution < -0.4 is 4.90 Å². The first kappa shape index (κ1) is 14.5. The maximum absolute atomic E-state index is 12.0. The van der Waals surface area contributed by atoms with Crippen LogP contribution in [0.3, 0.4) is 0 Å². The van der Waals surface area contributed by atoms with E-state index in [1.165, 1.54) is 12.1 Å². The third kappa shape index (κ3) is 3.57. The molecular formula is C17H15NO3. The molecule has 0 unspecified atom stereocenters. The van der Waals surface area contributed by atoms with Gasteiger partial charge in [-0.25, -0.2) is 4.79 Å². The van der Waals surface area contributed by atoms with Crippen LogP contribution >= 0.6 is 0 Å². The van der Waals surface area contributed by atoms with Crippen LogP contribution in [0.5, 0.6) is 0 Å². The Kier molecular flexibility index (Phi) is 4.51. The van der Waals surface area contributed by atoms with Gasteiger partial charge in [0.25, 0.3) is 5.91 Å². The highest BCUT2D eigenvalue weighted by Crippen LogP contribution is 2.18. The first-order chi connectivity index (χ1) is 10.1. The largest absolute Gasteiger partial charge is 0.478 e. The van der Waals surface area contributed by atoms with Crippen molar-refractivity contribution in [2.45, 2.75) is 6.54 Å². The number of anilines is 1. The predicted octanol–water partition coefficient (Wildman–Crippen LogP) is 3.10. The average molecular weight is 281 g/mol. The molecule has 0 radical (unpaired) electrons. The summed E-state index contributed by atoms with van der Waals surface area (Å²) < 4.78 is 0. The highest BCUT2D eigenvalue weighted by Gasteiger charge is 2.14. The van der Waals surface area contributed by atoms with Crippen LogP contribution in [0.1, 0.15) is 15.9 Å². The lowest BCUT2D eigenvalue weighted by Crippen LogP contribution is -2.28. The van der Waals surface area contributed by atoms with Crippen LogP contribution in [0.25, 0.3) is 0 Å². The van der Waals surface area contributed by atoms with E-state index in [1.54, 1.807) is 23.1 Å². The summed E-state index contributed by atoms with van der Waals surface area (Å²) in [5.41, 5.74) is 1.68. The maximum atomic E-state index is 12.0. The second kappa shape index (κ2) is 6.52. The van der Waals surface area contributed by atoms with Crippen LogP contribution in [0.2, 0.25) is 0 Å². The summed E-state index contributed by atoms with van der Waals surface area (Å²) in [4.78, 5) is 24.6. The lowest BCUT2D eigenvalue weighted by atomic mass is 10.1. The Morgan fingerprint density at radius 1 is 1.10 bits per heavy atom. The second-order valence-corrected chi connectivity index (χ2v) is 4.47. The standard InChI is InChI=1S/C17H15NO3/c1-2-16(19)18(15-9-4-3-5-10-15)12-13-7-6-8-14(11-13)17(20)21/h2-11H,1,12H2,(H,20,21). The fraction of sp³-hybridized carbons (Fsp3) is 0.0588. The van der Waals surface area contributed by atoms with Gasteiger partial charge in [-0.1, -0.05) is 36.9 Å². The van der Waals surface area contributed by atoms with Crippen molar-refractivity contribution in [3.05, 3.63) is 78.4 Å². The monoisotopic (exact) mass is 281 g/mol. The summed E-state index contributed by atoms with van der Waals surface area (Å²) in [6, 6.07) is 15.7. The van der Waals surface area contributed by atoms with Gasteiger partial charge >= 0.3 is 5.97 Å². The van der Waals surface area contributed by atoms with E-state index in [0.29, 0.717) is 0 Å². The lowest BCUT2D eigenvalue weighted by Gasteiger charge is -2.21. The van der Waals surface area contributed by atoms with Gasteiger partial charge in [-0.15, -0.1) is 0 Å². The van der Waals surface area contributed by atoms with Gasteiger partial charge in [-0.2, -0.15) is 0 Å². The number of carbonyl (C=O) groups excluding carboxylic acids is 1. The van der Waals surface area contributed by atoms with Gasteiger partial charge in [0.05, 0.1) is 12.1 Å². The lowest BCUT2D eigenvalue weighted by molar-refractivity contribution is -0.114. The first-order valence-electron chi connectivity index (χ1n) is 6.43. The zero-order valence-electron chi connectivity index (χ0n) is 11.4. The van der Waals surface area contributed by atoms with Gasteiger partial charge in [0.15, 0.2) is 0 Å². The smallest absolute Gasteiger partial charge is 0.335 e. The molecule has 4 heteroatoms. The molecule has 1 N–H and O–H groups in total. The zero-order chi connectivity index (χ0) is 15.2. The van der Waals surface area contributed by atoms with Crippen molar-refractivity contribution >= 4 is 17.6 Å². The second-order valence-electron chi connectivity index (χ2n) is 4.47. The quantitative estimate of drug-likeness (QED) is 0.857. The molecule has 0 aromatic heterocycles. The molecule has 1 amide bonds. The van der Waals surface area contributed by atoms with E-state index in [1.807, 2.05) is 30.3 Å². The number of benzene rings is 2. The third-order valence-corrected chi connectivity index (χ3v) is 3.02. The van der Waals surface area contributed by atoms with Crippen LogP contribution in [0.15, 0.2) is 67.3 Å². The number of carbonyl (C=O) groups is 2. The molecule has 106 valence electrons. The molecule has 0 saturated carbocycles. The number of rotatable bonds is 5. The molecule has 0 aliphatic rings.